The van der Waals surface area contributed by atoms with E-state index in [-0.39, 0.29) is 11.9 Å². The molecule has 0 saturated carbocycles. The molecule has 0 aliphatic carbocycles. The van der Waals surface area contributed by atoms with E-state index in [9.17, 15) is 4.79 Å². The molecule has 21 heavy (non-hydrogen) atoms. The standard InChI is InChI=1S/C16H20BrN3O/c1-9-7-6-8-14(10(9)2)18-16(21)13(5)20-12(4)15(17)11(3)19-20/h6-8,13H,1-5H3,(H,18,21). The topological polar surface area (TPSA) is 46.9 Å². The van der Waals surface area contributed by atoms with E-state index in [0.29, 0.717) is 0 Å². The van der Waals surface area contributed by atoms with E-state index < -0.39 is 0 Å². The molecule has 1 aromatic carbocycles. The summed E-state index contributed by atoms with van der Waals surface area (Å²) in [5, 5.41) is 7.41. The molecule has 1 unspecified atom stereocenters. The number of hydrogen-bond acceptors (Lipinski definition) is 2. The highest BCUT2D eigenvalue weighted by Gasteiger charge is 2.20. The molecule has 1 atom stereocenters. The van der Waals surface area contributed by atoms with Gasteiger partial charge in [-0.05, 0) is 67.7 Å². The average molecular weight is 350 g/mol. The number of hydrogen-bond donors (Lipinski definition) is 1. The Balaban J connectivity index is 2.24. The van der Waals surface area contributed by atoms with Crippen LogP contribution < -0.4 is 5.32 Å². The molecule has 4 nitrogen and oxygen atoms in total. The molecule has 1 heterocycles. The van der Waals surface area contributed by atoms with Crippen molar-refractivity contribution in [3.8, 4) is 0 Å². The van der Waals surface area contributed by atoms with Crippen LogP contribution in [0.15, 0.2) is 22.7 Å². The number of benzene rings is 1. The van der Waals surface area contributed by atoms with Gasteiger partial charge < -0.3 is 5.32 Å². The molecule has 5 heteroatoms. The number of carbonyl (C=O) groups is 1. The molecule has 0 bridgehead atoms. The Bertz CT molecular complexity index is 691. The summed E-state index contributed by atoms with van der Waals surface area (Å²) >= 11 is 3.49. The Morgan fingerprint density at radius 2 is 1.95 bits per heavy atom. The van der Waals surface area contributed by atoms with E-state index in [1.165, 1.54) is 0 Å². The molecule has 0 spiro atoms. The van der Waals surface area contributed by atoms with Gasteiger partial charge in [-0.15, -0.1) is 0 Å². The summed E-state index contributed by atoms with van der Waals surface area (Å²) in [6.45, 7) is 9.77. The third-order valence-electron chi connectivity index (χ3n) is 3.85. The van der Waals surface area contributed by atoms with Gasteiger partial charge in [0.05, 0.1) is 15.9 Å². The van der Waals surface area contributed by atoms with Crippen molar-refractivity contribution in [1.29, 1.82) is 0 Å². The van der Waals surface area contributed by atoms with Crippen LogP contribution in [-0.2, 0) is 4.79 Å². The minimum absolute atomic E-state index is 0.0678. The summed E-state index contributed by atoms with van der Waals surface area (Å²) in [6, 6.07) is 5.54. The molecular weight excluding hydrogens is 330 g/mol. The summed E-state index contributed by atoms with van der Waals surface area (Å²) in [7, 11) is 0. The number of anilines is 1. The number of amides is 1. The van der Waals surface area contributed by atoms with Crippen LogP contribution in [0.2, 0.25) is 0 Å². The van der Waals surface area contributed by atoms with Gasteiger partial charge in [-0.1, -0.05) is 12.1 Å². The van der Waals surface area contributed by atoms with Crippen LogP contribution >= 0.6 is 15.9 Å². The van der Waals surface area contributed by atoms with Crippen molar-refractivity contribution in [2.75, 3.05) is 5.32 Å². The SMILES string of the molecule is Cc1cccc(NC(=O)C(C)n2nc(C)c(Br)c2C)c1C. The van der Waals surface area contributed by atoms with E-state index in [0.717, 1.165) is 32.7 Å². The normalized spacial score (nSPS) is 12.3. The maximum absolute atomic E-state index is 12.5. The Hall–Kier alpha value is -1.62. The van der Waals surface area contributed by atoms with E-state index in [1.807, 2.05) is 52.8 Å². The number of nitrogens with one attached hydrogen (secondary N) is 1. The number of halogens is 1. The lowest BCUT2D eigenvalue weighted by Crippen LogP contribution is -2.25. The zero-order chi connectivity index (χ0) is 15.7. The molecule has 0 radical (unpaired) electrons. The predicted molar refractivity (Wildman–Crippen MR) is 88.7 cm³/mol. The van der Waals surface area contributed by atoms with Crippen molar-refractivity contribution in [1.82, 2.24) is 9.78 Å². The van der Waals surface area contributed by atoms with E-state index >= 15 is 0 Å². The fourth-order valence-electron chi connectivity index (χ4n) is 2.25. The Labute approximate surface area is 133 Å². The van der Waals surface area contributed by atoms with E-state index in [4.69, 9.17) is 0 Å². The van der Waals surface area contributed by atoms with Crippen LogP contribution in [0.3, 0.4) is 0 Å². The molecule has 2 rings (SSSR count). The van der Waals surface area contributed by atoms with Crippen molar-refractivity contribution in [3.63, 3.8) is 0 Å². The van der Waals surface area contributed by atoms with Gasteiger partial charge in [0.2, 0.25) is 5.91 Å². The smallest absolute Gasteiger partial charge is 0.248 e. The van der Waals surface area contributed by atoms with Crippen LogP contribution in [0.5, 0.6) is 0 Å². The van der Waals surface area contributed by atoms with Crippen LogP contribution in [0, 0.1) is 27.7 Å². The van der Waals surface area contributed by atoms with Crippen LogP contribution in [0.4, 0.5) is 5.69 Å². The molecule has 2 aromatic rings. The van der Waals surface area contributed by atoms with Gasteiger partial charge >= 0.3 is 0 Å². The predicted octanol–water partition coefficient (Wildman–Crippen LogP) is 4.08. The monoisotopic (exact) mass is 349 g/mol. The van der Waals surface area contributed by atoms with E-state index in [1.54, 1.807) is 4.68 Å². The molecule has 112 valence electrons. The number of carbonyl (C=O) groups excluding carboxylic acids is 1. The number of rotatable bonds is 3. The first-order chi connectivity index (χ1) is 9.82. The highest BCUT2D eigenvalue weighted by Crippen LogP contribution is 2.24. The highest BCUT2D eigenvalue weighted by molar-refractivity contribution is 9.10. The molecule has 0 saturated heterocycles. The minimum Gasteiger partial charge on any atom is -0.324 e. The van der Waals surface area contributed by atoms with Gasteiger partial charge in [0.1, 0.15) is 6.04 Å². The second-order valence-corrected chi connectivity index (χ2v) is 6.14. The lowest BCUT2D eigenvalue weighted by Gasteiger charge is -2.16. The third-order valence-corrected chi connectivity index (χ3v) is 4.99. The first-order valence-corrected chi connectivity index (χ1v) is 7.70. The molecule has 1 aromatic heterocycles. The summed E-state index contributed by atoms with van der Waals surface area (Å²) in [4.78, 5) is 12.5. The average Bonchev–Trinajstić information content (AvgIpc) is 2.70. The van der Waals surface area contributed by atoms with Crippen LogP contribution in [0.1, 0.15) is 35.5 Å². The number of aryl methyl sites for hydroxylation is 2. The largest absolute Gasteiger partial charge is 0.324 e. The van der Waals surface area contributed by atoms with Crippen molar-refractivity contribution in [2.45, 2.75) is 40.7 Å². The van der Waals surface area contributed by atoms with Crippen molar-refractivity contribution >= 4 is 27.5 Å². The van der Waals surface area contributed by atoms with Gasteiger partial charge in [0, 0.05) is 5.69 Å². The van der Waals surface area contributed by atoms with Gasteiger partial charge in [0.15, 0.2) is 0 Å². The maximum Gasteiger partial charge on any atom is 0.248 e. The molecular formula is C16H20BrN3O. The summed E-state index contributed by atoms with van der Waals surface area (Å²) < 4.78 is 2.70. The molecule has 0 aliphatic heterocycles. The number of nitrogens with zero attached hydrogens (tertiary/aromatic N) is 2. The second kappa shape index (κ2) is 6.02. The maximum atomic E-state index is 12.5. The second-order valence-electron chi connectivity index (χ2n) is 5.34. The first-order valence-electron chi connectivity index (χ1n) is 6.91. The molecule has 0 fully saturated rings. The van der Waals surface area contributed by atoms with Gasteiger partial charge in [-0.2, -0.15) is 5.10 Å². The highest BCUT2D eigenvalue weighted by atomic mass is 79.9. The Morgan fingerprint density at radius 1 is 1.29 bits per heavy atom. The molecule has 0 aliphatic rings. The lowest BCUT2D eigenvalue weighted by molar-refractivity contribution is -0.119. The van der Waals surface area contributed by atoms with E-state index in [2.05, 4.69) is 26.3 Å². The molecule has 1 N–H and O–H groups in total. The minimum atomic E-state index is -0.366. The molecule has 1 amide bonds. The van der Waals surface area contributed by atoms with Crippen LogP contribution in [-0.4, -0.2) is 15.7 Å². The Morgan fingerprint density at radius 3 is 2.52 bits per heavy atom. The van der Waals surface area contributed by atoms with Gasteiger partial charge in [0.25, 0.3) is 0 Å². The Kier molecular flexibility index (Phi) is 4.52. The summed E-state index contributed by atoms with van der Waals surface area (Å²) in [5.41, 5.74) is 4.95. The zero-order valence-corrected chi connectivity index (χ0v) is 14.6. The van der Waals surface area contributed by atoms with Crippen LogP contribution in [0.25, 0.3) is 0 Å². The van der Waals surface area contributed by atoms with Crippen molar-refractivity contribution in [3.05, 3.63) is 45.2 Å². The van der Waals surface area contributed by atoms with Gasteiger partial charge in [-0.3, -0.25) is 9.48 Å². The summed E-state index contributed by atoms with van der Waals surface area (Å²) in [5.74, 6) is -0.0678. The number of aromatic nitrogens is 2. The van der Waals surface area contributed by atoms with Crippen molar-refractivity contribution in [2.24, 2.45) is 0 Å². The fraction of sp³-hybridized carbons (Fsp3) is 0.375. The first kappa shape index (κ1) is 15.8. The lowest BCUT2D eigenvalue weighted by atomic mass is 10.1. The zero-order valence-electron chi connectivity index (χ0n) is 13.0. The van der Waals surface area contributed by atoms with Gasteiger partial charge in [-0.25, -0.2) is 0 Å². The summed E-state index contributed by atoms with van der Waals surface area (Å²) in [6.07, 6.45) is 0. The fourth-order valence-corrected chi connectivity index (χ4v) is 2.52. The van der Waals surface area contributed by atoms with Crippen molar-refractivity contribution < 1.29 is 4.79 Å². The quantitative estimate of drug-likeness (QED) is 0.907. The third kappa shape index (κ3) is 3.02.